The molecular formula is C22H18N4O2. The van der Waals surface area contributed by atoms with Crippen molar-refractivity contribution in [1.82, 2.24) is 10.3 Å². The lowest BCUT2D eigenvalue weighted by Crippen LogP contribution is -2.23. The number of amides is 2. The average Bonchev–Trinajstić information content (AvgIpc) is 2.73. The van der Waals surface area contributed by atoms with Gasteiger partial charge in [-0.05, 0) is 30.7 Å². The summed E-state index contributed by atoms with van der Waals surface area (Å²) in [6.07, 6.45) is 2.78. The van der Waals surface area contributed by atoms with Crippen LogP contribution in [-0.2, 0) is 6.54 Å². The minimum Gasteiger partial charge on any atom is -0.348 e. The fourth-order valence-electron chi connectivity index (χ4n) is 2.56. The second-order valence-electron chi connectivity index (χ2n) is 6.24. The predicted octanol–water partition coefficient (Wildman–Crippen LogP) is 3.44. The van der Waals surface area contributed by atoms with Crippen LogP contribution >= 0.6 is 0 Å². The van der Waals surface area contributed by atoms with Gasteiger partial charge in [0.15, 0.2) is 0 Å². The highest BCUT2D eigenvalue weighted by Crippen LogP contribution is 2.15. The molecule has 0 aliphatic carbocycles. The number of carbonyl (C=O) groups is 2. The van der Waals surface area contributed by atoms with Gasteiger partial charge in [0.05, 0.1) is 22.4 Å². The Hall–Kier alpha value is -3.98. The number of para-hydroxylation sites is 1. The number of hydrogen-bond donors (Lipinski definition) is 2. The smallest absolute Gasteiger partial charge is 0.257 e. The van der Waals surface area contributed by atoms with Gasteiger partial charge in [0, 0.05) is 18.9 Å². The number of pyridine rings is 1. The molecule has 3 aromatic rings. The Balaban J connectivity index is 1.69. The summed E-state index contributed by atoms with van der Waals surface area (Å²) in [6.45, 7) is 2.38. The number of nitrogens with zero attached hydrogens (tertiary/aromatic N) is 2. The number of carbonyl (C=O) groups excluding carboxylic acids is 2. The maximum atomic E-state index is 12.5. The Bertz CT molecular complexity index is 1050. The summed E-state index contributed by atoms with van der Waals surface area (Å²) >= 11 is 0. The van der Waals surface area contributed by atoms with Crippen LogP contribution in [0.15, 0.2) is 67.0 Å². The molecule has 0 bridgehead atoms. The molecule has 6 heteroatoms. The molecule has 0 aliphatic heterocycles. The number of aromatic nitrogens is 1. The normalized spacial score (nSPS) is 10.0. The van der Waals surface area contributed by atoms with E-state index in [1.807, 2.05) is 37.3 Å². The Morgan fingerprint density at radius 3 is 2.39 bits per heavy atom. The van der Waals surface area contributed by atoms with Crippen LogP contribution in [0.1, 0.15) is 37.4 Å². The molecule has 0 radical (unpaired) electrons. The molecule has 138 valence electrons. The predicted molar refractivity (Wildman–Crippen MR) is 106 cm³/mol. The molecule has 0 unspecified atom stereocenters. The summed E-state index contributed by atoms with van der Waals surface area (Å²) in [7, 11) is 0. The van der Waals surface area contributed by atoms with Gasteiger partial charge in [-0.2, -0.15) is 5.26 Å². The maximum absolute atomic E-state index is 12.5. The first-order valence-electron chi connectivity index (χ1n) is 8.66. The van der Waals surface area contributed by atoms with E-state index in [1.165, 1.54) is 18.5 Å². The molecule has 2 amide bonds. The van der Waals surface area contributed by atoms with E-state index < -0.39 is 5.91 Å². The molecular weight excluding hydrogens is 352 g/mol. The third kappa shape index (κ3) is 4.59. The standard InChI is InChI=1S/C22H18N4O2/c1-15-6-8-16(9-7-15)12-25-21(27)18-10-19(14-24-13-18)22(28)26-20-5-3-2-4-17(20)11-23/h2-10,13-14H,12H2,1H3,(H,25,27)(H,26,28). The summed E-state index contributed by atoms with van der Waals surface area (Å²) in [4.78, 5) is 28.9. The van der Waals surface area contributed by atoms with Crippen molar-refractivity contribution in [2.45, 2.75) is 13.5 Å². The zero-order valence-electron chi connectivity index (χ0n) is 15.3. The van der Waals surface area contributed by atoms with Gasteiger partial charge in [-0.25, -0.2) is 0 Å². The van der Waals surface area contributed by atoms with E-state index in [0.29, 0.717) is 17.8 Å². The number of nitrogens with one attached hydrogen (secondary N) is 2. The van der Waals surface area contributed by atoms with Crippen LogP contribution in [0.25, 0.3) is 0 Å². The van der Waals surface area contributed by atoms with Crippen LogP contribution in [0, 0.1) is 18.3 Å². The van der Waals surface area contributed by atoms with Crippen molar-refractivity contribution in [3.05, 3.63) is 94.8 Å². The largest absolute Gasteiger partial charge is 0.348 e. The topological polar surface area (TPSA) is 94.9 Å². The molecule has 0 atom stereocenters. The maximum Gasteiger partial charge on any atom is 0.257 e. The van der Waals surface area contributed by atoms with Crippen molar-refractivity contribution in [2.75, 3.05) is 5.32 Å². The number of benzene rings is 2. The second kappa shape index (κ2) is 8.60. The lowest BCUT2D eigenvalue weighted by molar-refractivity contribution is 0.0950. The van der Waals surface area contributed by atoms with Gasteiger partial charge >= 0.3 is 0 Å². The molecule has 28 heavy (non-hydrogen) atoms. The zero-order chi connectivity index (χ0) is 19.9. The molecule has 0 saturated carbocycles. The van der Waals surface area contributed by atoms with Gasteiger partial charge < -0.3 is 10.6 Å². The van der Waals surface area contributed by atoms with E-state index in [4.69, 9.17) is 5.26 Å². The van der Waals surface area contributed by atoms with Crippen LogP contribution in [0.5, 0.6) is 0 Å². The zero-order valence-corrected chi connectivity index (χ0v) is 15.3. The molecule has 3 rings (SSSR count). The van der Waals surface area contributed by atoms with Crippen molar-refractivity contribution in [3.8, 4) is 6.07 Å². The highest BCUT2D eigenvalue weighted by atomic mass is 16.2. The van der Waals surface area contributed by atoms with Crippen LogP contribution in [-0.4, -0.2) is 16.8 Å². The lowest BCUT2D eigenvalue weighted by atomic mass is 10.1. The Kier molecular flexibility index (Phi) is 5.78. The lowest BCUT2D eigenvalue weighted by Gasteiger charge is -2.09. The van der Waals surface area contributed by atoms with E-state index in [-0.39, 0.29) is 17.0 Å². The number of nitriles is 1. The second-order valence-corrected chi connectivity index (χ2v) is 6.24. The van der Waals surface area contributed by atoms with E-state index in [2.05, 4.69) is 15.6 Å². The highest BCUT2D eigenvalue weighted by molar-refractivity contribution is 6.06. The van der Waals surface area contributed by atoms with E-state index in [0.717, 1.165) is 11.1 Å². The SMILES string of the molecule is Cc1ccc(CNC(=O)c2cncc(C(=O)Nc3ccccc3C#N)c2)cc1. The van der Waals surface area contributed by atoms with Crippen molar-refractivity contribution in [2.24, 2.45) is 0 Å². The monoisotopic (exact) mass is 370 g/mol. The molecule has 1 heterocycles. The van der Waals surface area contributed by atoms with Crippen LogP contribution in [0.3, 0.4) is 0 Å². The summed E-state index contributed by atoms with van der Waals surface area (Å²) in [6, 6.07) is 18.1. The first kappa shape index (κ1) is 18.8. The molecule has 0 aliphatic rings. The molecule has 1 aromatic heterocycles. The van der Waals surface area contributed by atoms with Gasteiger partial charge in [-0.3, -0.25) is 14.6 Å². The van der Waals surface area contributed by atoms with Crippen molar-refractivity contribution >= 4 is 17.5 Å². The van der Waals surface area contributed by atoms with Crippen LogP contribution in [0.2, 0.25) is 0 Å². The number of hydrogen-bond acceptors (Lipinski definition) is 4. The summed E-state index contributed by atoms with van der Waals surface area (Å²) < 4.78 is 0. The first-order chi connectivity index (χ1) is 13.6. The number of anilines is 1. The summed E-state index contributed by atoms with van der Waals surface area (Å²) in [5.41, 5.74) is 3.41. The minimum absolute atomic E-state index is 0.232. The summed E-state index contributed by atoms with van der Waals surface area (Å²) in [5, 5.41) is 14.6. The van der Waals surface area contributed by atoms with Crippen molar-refractivity contribution in [1.29, 1.82) is 5.26 Å². The van der Waals surface area contributed by atoms with Gasteiger partial charge in [0.25, 0.3) is 11.8 Å². The molecule has 2 aromatic carbocycles. The third-order valence-electron chi connectivity index (χ3n) is 4.13. The molecule has 0 spiro atoms. The van der Waals surface area contributed by atoms with Gasteiger partial charge in [-0.1, -0.05) is 42.0 Å². The molecule has 6 nitrogen and oxygen atoms in total. The van der Waals surface area contributed by atoms with Crippen molar-refractivity contribution in [3.63, 3.8) is 0 Å². The average molecular weight is 370 g/mol. The summed E-state index contributed by atoms with van der Waals surface area (Å²) in [5.74, 6) is -0.761. The third-order valence-corrected chi connectivity index (χ3v) is 4.13. The quantitative estimate of drug-likeness (QED) is 0.719. The fraction of sp³-hybridized carbons (Fsp3) is 0.0909. The van der Waals surface area contributed by atoms with Crippen LogP contribution < -0.4 is 10.6 Å². The molecule has 0 fully saturated rings. The fourth-order valence-corrected chi connectivity index (χ4v) is 2.56. The van der Waals surface area contributed by atoms with E-state index in [9.17, 15) is 9.59 Å². The van der Waals surface area contributed by atoms with Gasteiger partial charge in [0.1, 0.15) is 6.07 Å². The number of aryl methyl sites for hydroxylation is 1. The Morgan fingerprint density at radius 1 is 1.00 bits per heavy atom. The molecule has 0 saturated heterocycles. The van der Waals surface area contributed by atoms with Gasteiger partial charge in [-0.15, -0.1) is 0 Å². The first-order valence-corrected chi connectivity index (χ1v) is 8.66. The minimum atomic E-state index is -0.441. The van der Waals surface area contributed by atoms with Crippen LogP contribution in [0.4, 0.5) is 5.69 Å². The molecule has 2 N–H and O–H groups in total. The Morgan fingerprint density at radius 2 is 1.68 bits per heavy atom. The number of rotatable bonds is 5. The van der Waals surface area contributed by atoms with Gasteiger partial charge in [0.2, 0.25) is 0 Å². The van der Waals surface area contributed by atoms with E-state index in [1.54, 1.807) is 24.3 Å². The Labute approximate surface area is 162 Å². The van der Waals surface area contributed by atoms with E-state index >= 15 is 0 Å². The van der Waals surface area contributed by atoms with Crippen molar-refractivity contribution < 1.29 is 9.59 Å². The highest BCUT2D eigenvalue weighted by Gasteiger charge is 2.13.